The summed E-state index contributed by atoms with van der Waals surface area (Å²) >= 11 is 0. The molecular weight excluding hydrogens is 210 g/mol. The summed E-state index contributed by atoms with van der Waals surface area (Å²) in [4.78, 5) is 15.1. The van der Waals surface area contributed by atoms with Gasteiger partial charge in [-0.2, -0.15) is 0 Å². The van der Waals surface area contributed by atoms with Crippen LogP contribution in [0.15, 0.2) is 0 Å². The number of hydrogen-bond donors (Lipinski definition) is 0. The van der Waals surface area contributed by atoms with Crippen molar-refractivity contribution < 1.29 is 4.79 Å². The molecule has 0 aromatic rings. The topological polar surface area (TPSA) is 20.3 Å². The second-order valence-electron chi connectivity index (χ2n) is 6.31. The largest absolute Gasteiger partial charge is 0.297 e. The van der Waals surface area contributed by atoms with Crippen LogP contribution in [-0.4, -0.2) is 29.3 Å². The molecule has 1 aliphatic carbocycles. The normalized spacial score (nSPS) is 24.8. The first kappa shape index (κ1) is 13.1. The summed E-state index contributed by atoms with van der Waals surface area (Å²) in [6.45, 7) is 6.53. The van der Waals surface area contributed by atoms with Crippen LogP contribution in [0.2, 0.25) is 0 Å². The fourth-order valence-electron chi connectivity index (χ4n) is 3.47. The van der Waals surface area contributed by atoms with E-state index in [0.717, 1.165) is 25.9 Å². The third-order valence-electron chi connectivity index (χ3n) is 4.73. The zero-order valence-corrected chi connectivity index (χ0v) is 11.5. The first-order chi connectivity index (χ1) is 8.12. The maximum absolute atomic E-state index is 12.7. The van der Waals surface area contributed by atoms with E-state index in [9.17, 15) is 4.79 Å². The van der Waals surface area contributed by atoms with Crippen molar-refractivity contribution in [3.8, 4) is 0 Å². The summed E-state index contributed by atoms with van der Waals surface area (Å²) in [5.41, 5.74) is -0.220. The van der Waals surface area contributed by atoms with Gasteiger partial charge in [-0.25, -0.2) is 0 Å². The summed E-state index contributed by atoms with van der Waals surface area (Å²) in [7, 11) is 0. The lowest BCUT2D eigenvalue weighted by Gasteiger charge is -2.42. The van der Waals surface area contributed by atoms with Crippen molar-refractivity contribution in [1.29, 1.82) is 0 Å². The number of piperidine rings is 1. The lowest BCUT2D eigenvalue weighted by molar-refractivity contribution is -0.135. The number of likely N-dealkylation sites (tertiary alicyclic amines) is 1. The standard InChI is InChI=1S/C15H27NO/c1-15(2,16-11-7-4-8-12-16)14(17)13-9-5-3-6-10-13/h13H,3-12H2,1-2H3. The highest BCUT2D eigenvalue weighted by atomic mass is 16.1. The Balaban J connectivity index is 1.99. The number of nitrogens with zero attached hydrogens (tertiary/aromatic N) is 1. The zero-order chi connectivity index (χ0) is 12.3. The minimum atomic E-state index is -0.220. The number of Topliss-reactive ketones (excluding diaryl/α,β-unsaturated/α-hetero) is 1. The Bertz CT molecular complexity index is 260. The van der Waals surface area contributed by atoms with Crippen molar-refractivity contribution in [2.75, 3.05) is 13.1 Å². The quantitative estimate of drug-likeness (QED) is 0.750. The highest BCUT2D eigenvalue weighted by molar-refractivity contribution is 5.89. The Morgan fingerprint density at radius 2 is 1.47 bits per heavy atom. The van der Waals surface area contributed by atoms with Crippen molar-refractivity contribution >= 4 is 5.78 Å². The Morgan fingerprint density at radius 1 is 0.941 bits per heavy atom. The average Bonchev–Trinajstić information content (AvgIpc) is 2.40. The molecule has 0 amide bonds. The van der Waals surface area contributed by atoms with Crippen LogP contribution >= 0.6 is 0 Å². The predicted octanol–water partition coefficient (Wildman–Crippen LogP) is 3.40. The molecule has 0 aromatic carbocycles. The van der Waals surface area contributed by atoms with Gasteiger partial charge in [0, 0.05) is 5.92 Å². The van der Waals surface area contributed by atoms with Crippen LogP contribution < -0.4 is 0 Å². The third-order valence-corrected chi connectivity index (χ3v) is 4.73. The molecule has 17 heavy (non-hydrogen) atoms. The molecule has 0 radical (unpaired) electrons. The average molecular weight is 237 g/mol. The molecule has 0 N–H and O–H groups in total. The van der Waals surface area contributed by atoms with Crippen molar-refractivity contribution in [1.82, 2.24) is 4.90 Å². The van der Waals surface area contributed by atoms with Gasteiger partial charge in [0.2, 0.25) is 0 Å². The van der Waals surface area contributed by atoms with E-state index in [1.807, 2.05) is 0 Å². The molecule has 0 aromatic heterocycles. The number of ketones is 1. The molecule has 2 rings (SSSR count). The molecule has 0 spiro atoms. The lowest BCUT2D eigenvalue weighted by atomic mass is 9.78. The second-order valence-corrected chi connectivity index (χ2v) is 6.31. The van der Waals surface area contributed by atoms with E-state index in [0.29, 0.717) is 11.7 Å². The maximum atomic E-state index is 12.7. The second kappa shape index (κ2) is 5.51. The lowest BCUT2D eigenvalue weighted by Crippen LogP contribution is -2.54. The molecule has 1 saturated carbocycles. The van der Waals surface area contributed by atoms with E-state index in [1.54, 1.807) is 0 Å². The molecule has 2 fully saturated rings. The van der Waals surface area contributed by atoms with E-state index >= 15 is 0 Å². The first-order valence-corrected chi connectivity index (χ1v) is 7.42. The molecule has 2 heteroatoms. The SMILES string of the molecule is CC(C)(C(=O)C1CCCCC1)N1CCCCC1. The van der Waals surface area contributed by atoms with Crippen molar-refractivity contribution in [3.63, 3.8) is 0 Å². The van der Waals surface area contributed by atoms with E-state index in [-0.39, 0.29) is 5.54 Å². The van der Waals surface area contributed by atoms with Crippen LogP contribution in [0, 0.1) is 5.92 Å². The van der Waals surface area contributed by atoms with E-state index in [4.69, 9.17) is 0 Å². The molecule has 1 saturated heterocycles. The van der Waals surface area contributed by atoms with Crippen LogP contribution in [0.4, 0.5) is 0 Å². The molecule has 1 heterocycles. The summed E-state index contributed by atoms with van der Waals surface area (Å²) in [5, 5.41) is 0. The minimum absolute atomic E-state index is 0.220. The van der Waals surface area contributed by atoms with E-state index in [1.165, 1.54) is 38.5 Å². The van der Waals surface area contributed by atoms with Crippen molar-refractivity contribution in [3.05, 3.63) is 0 Å². The van der Waals surface area contributed by atoms with Crippen LogP contribution in [0.1, 0.15) is 65.2 Å². The third kappa shape index (κ3) is 2.90. The summed E-state index contributed by atoms with van der Waals surface area (Å²) in [5.74, 6) is 0.861. The van der Waals surface area contributed by atoms with Gasteiger partial charge in [-0.15, -0.1) is 0 Å². The highest BCUT2D eigenvalue weighted by Gasteiger charge is 2.38. The van der Waals surface area contributed by atoms with Gasteiger partial charge in [-0.05, 0) is 52.6 Å². The molecule has 0 bridgehead atoms. The Kier molecular flexibility index (Phi) is 4.24. The number of rotatable bonds is 3. The van der Waals surface area contributed by atoms with Gasteiger partial charge in [0.25, 0.3) is 0 Å². The molecule has 0 unspecified atom stereocenters. The fourth-order valence-corrected chi connectivity index (χ4v) is 3.47. The van der Waals surface area contributed by atoms with E-state index < -0.39 is 0 Å². The minimum Gasteiger partial charge on any atom is -0.297 e. The number of carbonyl (C=O) groups excluding carboxylic acids is 1. The Morgan fingerprint density at radius 3 is 2.06 bits per heavy atom. The maximum Gasteiger partial charge on any atom is 0.155 e. The molecule has 1 aliphatic heterocycles. The molecular formula is C15H27NO. The van der Waals surface area contributed by atoms with Crippen molar-refractivity contribution in [2.45, 2.75) is 70.8 Å². The predicted molar refractivity (Wildman–Crippen MR) is 71.1 cm³/mol. The molecule has 2 nitrogen and oxygen atoms in total. The van der Waals surface area contributed by atoms with Crippen LogP contribution in [0.3, 0.4) is 0 Å². The first-order valence-electron chi connectivity index (χ1n) is 7.42. The van der Waals surface area contributed by atoms with Crippen LogP contribution in [0.5, 0.6) is 0 Å². The van der Waals surface area contributed by atoms with Crippen LogP contribution in [0.25, 0.3) is 0 Å². The zero-order valence-electron chi connectivity index (χ0n) is 11.5. The van der Waals surface area contributed by atoms with Gasteiger partial charge in [-0.1, -0.05) is 25.7 Å². The van der Waals surface area contributed by atoms with Gasteiger partial charge in [-0.3, -0.25) is 9.69 Å². The van der Waals surface area contributed by atoms with Gasteiger partial charge in [0.05, 0.1) is 5.54 Å². The van der Waals surface area contributed by atoms with Gasteiger partial charge < -0.3 is 0 Å². The van der Waals surface area contributed by atoms with Gasteiger partial charge in [0.1, 0.15) is 0 Å². The summed E-state index contributed by atoms with van der Waals surface area (Å²) in [6.07, 6.45) is 9.98. The number of carbonyl (C=O) groups is 1. The summed E-state index contributed by atoms with van der Waals surface area (Å²) < 4.78 is 0. The number of hydrogen-bond acceptors (Lipinski definition) is 2. The molecule has 98 valence electrons. The molecule has 2 aliphatic rings. The Labute approximate surface area is 106 Å². The molecule has 0 atom stereocenters. The van der Waals surface area contributed by atoms with Gasteiger partial charge in [0.15, 0.2) is 5.78 Å². The van der Waals surface area contributed by atoms with Crippen LogP contribution in [-0.2, 0) is 4.79 Å². The van der Waals surface area contributed by atoms with Crippen molar-refractivity contribution in [2.24, 2.45) is 5.92 Å². The van der Waals surface area contributed by atoms with Gasteiger partial charge >= 0.3 is 0 Å². The highest BCUT2D eigenvalue weighted by Crippen LogP contribution is 2.31. The van der Waals surface area contributed by atoms with E-state index in [2.05, 4.69) is 18.7 Å². The monoisotopic (exact) mass is 237 g/mol. The Hall–Kier alpha value is -0.370. The fraction of sp³-hybridized carbons (Fsp3) is 0.933. The smallest absolute Gasteiger partial charge is 0.155 e. The summed E-state index contributed by atoms with van der Waals surface area (Å²) in [6, 6.07) is 0.